The van der Waals surface area contributed by atoms with Crippen LogP contribution in [0.15, 0.2) is 78.9 Å². The van der Waals surface area contributed by atoms with E-state index in [1.807, 2.05) is 31.2 Å². The van der Waals surface area contributed by atoms with E-state index in [0.29, 0.717) is 11.5 Å². The lowest BCUT2D eigenvalue weighted by atomic mass is 9.94. The lowest BCUT2D eigenvalue weighted by molar-refractivity contribution is -0.131. The van der Waals surface area contributed by atoms with Crippen LogP contribution in [0.5, 0.6) is 23.0 Å². The maximum atomic E-state index is 10.7. The summed E-state index contributed by atoms with van der Waals surface area (Å²) in [5.41, 5.74) is 3.47. The highest BCUT2D eigenvalue weighted by Gasteiger charge is 2.16. The van der Waals surface area contributed by atoms with Gasteiger partial charge >= 0.3 is 5.97 Å². The number of rotatable bonds is 5. The van der Waals surface area contributed by atoms with Gasteiger partial charge in [-0.2, -0.15) is 0 Å². The number of hydrogen-bond acceptors (Lipinski definition) is 4. The monoisotopic (exact) mass is 412 g/mol. The van der Waals surface area contributed by atoms with Gasteiger partial charge in [-0.15, -0.1) is 0 Å². The van der Waals surface area contributed by atoms with E-state index in [4.69, 9.17) is 9.84 Å². The van der Waals surface area contributed by atoms with Gasteiger partial charge in [-0.1, -0.05) is 30.3 Å². The molecule has 0 saturated heterocycles. The van der Waals surface area contributed by atoms with Crippen LogP contribution < -0.4 is 4.74 Å². The van der Waals surface area contributed by atoms with Crippen molar-refractivity contribution in [2.24, 2.45) is 0 Å². The largest absolute Gasteiger partial charge is 0.508 e. The standard InChI is InChI=1S/C26H20O5/c1-16-14-19-15-21(28)9-12-23(19)26(25(16)18-5-7-20(27)8-6-18)31-22-10-2-17(3-11-22)4-13-24(29)30/h2-15,27-28H,1H3,(H,29,30). The summed E-state index contributed by atoms with van der Waals surface area (Å²) in [6, 6.07) is 21.1. The summed E-state index contributed by atoms with van der Waals surface area (Å²) in [4.78, 5) is 10.7. The Kier molecular flexibility index (Phi) is 5.33. The predicted molar refractivity (Wildman–Crippen MR) is 121 cm³/mol. The van der Waals surface area contributed by atoms with Crippen molar-refractivity contribution in [3.8, 4) is 34.1 Å². The Morgan fingerprint density at radius 2 is 1.55 bits per heavy atom. The third kappa shape index (κ3) is 4.36. The van der Waals surface area contributed by atoms with Gasteiger partial charge in [-0.05, 0) is 77.5 Å². The minimum Gasteiger partial charge on any atom is -0.508 e. The first-order chi connectivity index (χ1) is 14.9. The fourth-order valence-electron chi connectivity index (χ4n) is 3.52. The maximum Gasteiger partial charge on any atom is 0.328 e. The zero-order valence-corrected chi connectivity index (χ0v) is 16.7. The first kappa shape index (κ1) is 20.0. The van der Waals surface area contributed by atoms with E-state index in [1.54, 1.807) is 48.5 Å². The molecule has 0 radical (unpaired) electrons. The third-order valence-corrected chi connectivity index (χ3v) is 4.95. The van der Waals surface area contributed by atoms with Crippen molar-refractivity contribution in [3.63, 3.8) is 0 Å². The second-order valence-corrected chi connectivity index (χ2v) is 7.19. The number of hydrogen-bond donors (Lipinski definition) is 3. The number of aliphatic carboxylic acids is 1. The van der Waals surface area contributed by atoms with Gasteiger partial charge in [0, 0.05) is 17.0 Å². The lowest BCUT2D eigenvalue weighted by Crippen LogP contribution is -1.94. The number of aryl methyl sites for hydroxylation is 1. The first-order valence-corrected chi connectivity index (χ1v) is 9.65. The number of phenols is 2. The molecule has 4 aromatic carbocycles. The fraction of sp³-hybridized carbons (Fsp3) is 0.0385. The van der Waals surface area contributed by atoms with Crippen LogP contribution in [-0.2, 0) is 4.79 Å². The summed E-state index contributed by atoms with van der Waals surface area (Å²) in [7, 11) is 0. The molecule has 0 atom stereocenters. The summed E-state index contributed by atoms with van der Waals surface area (Å²) in [6.07, 6.45) is 2.60. The molecule has 0 saturated carbocycles. The number of carboxylic acid groups (broad SMARTS) is 1. The molecule has 31 heavy (non-hydrogen) atoms. The van der Waals surface area contributed by atoms with Gasteiger partial charge in [0.25, 0.3) is 0 Å². The highest BCUT2D eigenvalue weighted by molar-refractivity contribution is 5.97. The Morgan fingerprint density at radius 1 is 0.871 bits per heavy atom. The van der Waals surface area contributed by atoms with Crippen LogP contribution in [-0.4, -0.2) is 21.3 Å². The normalized spacial score (nSPS) is 11.1. The second kappa shape index (κ2) is 8.24. The predicted octanol–water partition coefficient (Wildman–Crippen LogP) is 6.12. The molecule has 5 heteroatoms. The lowest BCUT2D eigenvalue weighted by Gasteiger charge is -2.18. The van der Waals surface area contributed by atoms with Crippen molar-refractivity contribution in [3.05, 3.63) is 90.0 Å². The molecule has 0 aromatic heterocycles. The SMILES string of the molecule is Cc1cc2cc(O)ccc2c(Oc2ccc(C=CC(=O)O)cc2)c1-c1ccc(O)cc1. The number of ether oxygens (including phenoxy) is 1. The second-order valence-electron chi connectivity index (χ2n) is 7.19. The van der Waals surface area contributed by atoms with Crippen molar-refractivity contribution in [1.82, 2.24) is 0 Å². The van der Waals surface area contributed by atoms with Crippen molar-refractivity contribution in [2.75, 3.05) is 0 Å². The fourth-order valence-corrected chi connectivity index (χ4v) is 3.52. The topological polar surface area (TPSA) is 87.0 Å². The van der Waals surface area contributed by atoms with Crippen molar-refractivity contribution in [1.29, 1.82) is 0 Å². The number of aromatic hydroxyl groups is 2. The molecule has 0 aliphatic rings. The van der Waals surface area contributed by atoms with E-state index in [0.717, 1.165) is 39.1 Å². The van der Waals surface area contributed by atoms with Crippen LogP contribution in [0.4, 0.5) is 0 Å². The van der Waals surface area contributed by atoms with Crippen LogP contribution in [0.3, 0.4) is 0 Å². The molecule has 0 bridgehead atoms. The minimum atomic E-state index is -1.01. The molecular weight excluding hydrogens is 392 g/mol. The smallest absolute Gasteiger partial charge is 0.328 e. The molecule has 0 aliphatic carbocycles. The summed E-state index contributed by atoms with van der Waals surface area (Å²) in [5.74, 6) is 0.569. The number of fused-ring (bicyclic) bond motifs is 1. The van der Waals surface area contributed by atoms with E-state index in [2.05, 4.69) is 0 Å². The number of phenolic OH excluding ortho intramolecular Hbond substituents is 2. The average molecular weight is 412 g/mol. The molecule has 4 rings (SSSR count). The molecule has 0 spiro atoms. The van der Waals surface area contributed by atoms with Gasteiger partial charge in [0.05, 0.1) is 0 Å². The van der Waals surface area contributed by atoms with Crippen LogP contribution in [0.2, 0.25) is 0 Å². The van der Waals surface area contributed by atoms with E-state index >= 15 is 0 Å². The Bertz CT molecular complexity index is 1290. The number of benzene rings is 4. The molecule has 0 aliphatic heterocycles. The van der Waals surface area contributed by atoms with Crippen LogP contribution in [0.1, 0.15) is 11.1 Å². The van der Waals surface area contributed by atoms with Gasteiger partial charge in [-0.25, -0.2) is 4.79 Å². The molecule has 0 unspecified atom stereocenters. The Morgan fingerprint density at radius 3 is 2.23 bits per heavy atom. The van der Waals surface area contributed by atoms with E-state index in [-0.39, 0.29) is 11.5 Å². The Balaban J connectivity index is 1.83. The zero-order valence-electron chi connectivity index (χ0n) is 16.7. The Hall–Kier alpha value is -4.25. The van der Waals surface area contributed by atoms with Gasteiger partial charge in [0.1, 0.15) is 23.0 Å². The van der Waals surface area contributed by atoms with E-state index in [1.165, 1.54) is 6.08 Å². The highest BCUT2D eigenvalue weighted by Crippen LogP contribution is 2.43. The molecular formula is C26H20O5. The van der Waals surface area contributed by atoms with Gasteiger partial charge < -0.3 is 20.1 Å². The third-order valence-electron chi connectivity index (χ3n) is 4.95. The highest BCUT2D eigenvalue weighted by atomic mass is 16.5. The van der Waals surface area contributed by atoms with E-state index < -0.39 is 5.97 Å². The van der Waals surface area contributed by atoms with Gasteiger partial charge in [-0.3, -0.25) is 0 Å². The molecule has 4 aromatic rings. The Labute approximate surface area is 179 Å². The number of carbonyl (C=O) groups is 1. The van der Waals surface area contributed by atoms with Crippen LogP contribution in [0, 0.1) is 6.92 Å². The quantitative estimate of drug-likeness (QED) is 0.344. The first-order valence-electron chi connectivity index (χ1n) is 9.65. The van der Waals surface area contributed by atoms with Crippen molar-refractivity contribution in [2.45, 2.75) is 6.92 Å². The molecule has 5 nitrogen and oxygen atoms in total. The molecule has 0 fully saturated rings. The number of carboxylic acids is 1. The van der Waals surface area contributed by atoms with Gasteiger partial charge in [0.15, 0.2) is 0 Å². The van der Waals surface area contributed by atoms with Crippen LogP contribution >= 0.6 is 0 Å². The van der Waals surface area contributed by atoms with Crippen molar-refractivity contribution >= 4 is 22.8 Å². The zero-order chi connectivity index (χ0) is 22.0. The molecule has 3 N–H and O–H groups in total. The van der Waals surface area contributed by atoms with Gasteiger partial charge in [0.2, 0.25) is 0 Å². The molecule has 0 heterocycles. The minimum absolute atomic E-state index is 0.171. The molecule has 0 amide bonds. The summed E-state index contributed by atoms with van der Waals surface area (Å²) >= 11 is 0. The average Bonchev–Trinajstić information content (AvgIpc) is 2.74. The van der Waals surface area contributed by atoms with Crippen molar-refractivity contribution < 1.29 is 24.9 Å². The summed E-state index contributed by atoms with van der Waals surface area (Å²) < 4.78 is 6.32. The van der Waals surface area contributed by atoms with E-state index in [9.17, 15) is 15.0 Å². The summed E-state index contributed by atoms with van der Waals surface area (Å²) in [6.45, 7) is 1.97. The summed E-state index contributed by atoms with van der Waals surface area (Å²) in [5, 5.41) is 30.1. The maximum absolute atomic E-state index is 10.7. The molecule has 154 valence electrons. The van der Waals surface area contributed by atoms with Crippen LogP contribution in [0.25, 0.3) is 28.0 Å².